The van der Waals surface area contributed by atoms with Gasteiger partial charge in [-0.3, -0.25) is 0 Å². The minimum Gasteiger partial charge on any atom is -0.0622 e. The van der Waals surface area contributed by atoms with Crippen molar-refractivity contribution in [1.82, 2.24) is 0 Å². The summed E-state index contributed by atoms with van der Waals surface area (Å²) in [6.45, 7) is 0. The van der Waals surface area contributed by atoms with Gasteiger partial charge in [0.05, 0.1) is 0 Å². The number of hydrogen-bond donors (Lipinski definition) is 0. The number of hydrogen-bond acceptors (Lipinski definition) is 0. The van der Waals surface area contributed by atoms with E-state index in [4.69, 9.17) is 0 Å². The van der Waals surface area contributed by atoms with Crippen LogP contribution in [-0.4, -0.2) is 0 Å². The predicted octanol–water partition coefficient (Wildman–Crippen LogP) is 5.03. The fraction of sp³-hybridized carbons (Fsp3) is 0.222. The lowest BCUT2D eigenvalue weighted by Crippen LogP contribution is -1.87. The van der Waals surface area contributed by atoms with Crippen LogP contribution in [0.2, 0.25) is 0 Å². The Hall–Kier alpha value is -1.82. The molecule has 1 aliphatic rings. The van der Waals surface area contributed by atoms with Gasteiger partial charge >= 0.3 is 0 Å². The molecule has 1 aliphatic carbocycles. The lowest BCUT2D eigenvalue weighted by Gasteiger charge is -2.07. The highest BCUT2D eigenvalue weighted by molar-refractivity contribution is 5.81. The summed E-state index contributed by atoms with van der Waals surface area (Å²) >= 11 is 0. The monoisotopic (exact) mass is 234 g/mol. The van der Waals surface area contributed by atoms with Crippen LogP contribution in [0, 0.1) is 5.92 Å². The van der Waals surface area contributed by atoms with Crippen molar-refractivity contribution in [1.29, 1.82) is 0 Å². The van der Waals surface area contributed by atoms with Gasteiger partial charge in [-0.25, -0.2) is 0 Å². The molecule has 0 bridgehead atoms. The second-order valence-electron chi connectivity index (χ2n) is 5.09. The molecule has 0 atom stereocenters. The molecule has 0 amide bonds. The maximum Gasteiger partial charge on any atom is -0.0224 e. The molecule has 0 heteroatoms. The molecular formula is C18H18. The zero-order valence-corrected chi connectivity index (χ0v) is 10.5. The maximum absolute atomic E-state index is 2.34. The number of rotatable bonds is 4. The van der Waals surface area contributed by atoms with Gasteiger partial charge in [0.25, 0.3) is 0 Å². The number of benzene rings is 2. The van der Waals surface area contributed by atoms with Crippen LogP contribution >= 0.6 is 0 Å². The van der Waals surface area contributed by atoms with E-state index in [9.17, 15) is 0 Å². The lowest BCUT2D eigenvalue weighted by atomic mass is 9.98. The largest absolute Gasteiger partial charge is 0.0622 e. The normalized spacial score (nSPS) is 15.7. The van der Waals surface area contributed by atoms with Crippen molar-refractivity contribution in [3.05, 3.63) is 71.8 Å². The number of allylic oxidation sites excluding steroid dienone is 1. The van der Waals surface area contributed by atoms with Crippen molar-refractivity contribution in [3.8, 4) is 0 Å². The van der Waals surface area contributed by atoms with Gasteiger partial charge in [0.1, 0.15) is 0 Å². The van der Waals surface area contributed by atoms with Gasteiger partial charge in [-0.2, -0.15) is 0 Å². The Bertz CT molecular complexity index is 518. The van der Waals surface area contributed by atoms with Crippen molar-refractivity contribution in [2.24, 2.45) is 5.92 Å². The second-order valence-corrected chi connectivity index (χ2v) is 5.09. The molecule has 90 valence electrons. The Labute approximate surface area is 109 Å². The van der Waals surface area contributed by atoms with Crippen molar-refractivity contribution in [2.45, 2.75) is 19.3 Å². The van der Waals surface area contributed by atoms with E-state index < -0.39 is 0 Å². The van der Waals surface area contributed by atoms with E-state index in [2.05, 4.69) is 66.7 Å². The van der Waals surface area contributed by atoms with Gasteiger partial charge in [-0.05, 0) is 41.9 Å². The molecule has 0 nitrogen and oxygen atoms in total. The fourth-order valence-corrected chi connectivity index (χ4v) is 2.30. The molecule has 2 aromatic carbocycles. The molecule has 0 heterocycles. The first kappa shape index (κ1) is 11.3. The summed E-state index contributed by atoms with van der Waals surface area (Å²) in [6.07, 6.45) is 6.37. The molecular weight excluding hydrogens is 216 g/mol. The zero-order valence-electron chi connectivity index (χ0n) is 10.5. The molecule has 0 unspecified atom stereocenters. The molecule has 1 fully saturated rings. The minimum atomic E-state index is 0.917. The van der Waals surface area contributed by atoms with E-state index in [0.29, 0.717) is 0 Å². The molecule has 18 heavy (non-hydrogen) atoms. The molecule has 0 aromatic heterocycles. The Balaban J connectivity index is 1.92. The standard InChI is InChI=1S/C18H18/c1-3-7-15(8-4-1)13-18(14-16-11-12-16)17-9-5-2-6-10-17/h1-10,13,16H,11-12,14H2. The first-order valence-corrected chi connectivity index (χ1v) is 6.73. The molecule has 0 radical (unpaired) electrons. The van der Waals surface area contributed by atoms with Gasteiger partial charge in [0.15, 0.2) is 0 Å². The van der Waals surface area contributed by atoms with Crippen LogP contribution in [0.1, 0.15) is 30.4 Å². The van der Waals surface area contributed by atoms with Crippen LogP contribution in [0.15, 0.2) is 60.7 Å². The van der Waals surface area contributed by atoms with Gasteiger partial charge in [-0.15, -0.1) is 0 Å². The van der Waals surface area contributed by atoms with Crippen molar-refractivity contribution >= 4 is 11.6 Å². The third-order valence-electron chi connectivity index (χ3n) is 3.49. The molecule has 1 saturated carbocycles. The third-order valence-corrected chi connectivity index (χ3v) is 3.49. The van der Waals surface area contributed by atoms with Crippen molar-refractivity contribution in [3.63, 3.8) is 0 Å². The zero-order chi connectivity index (χ0) is 12.2. The molecule has 2 aromatic rings. The summed E-state index contributed by atoms with van der Waals surface area (Å²) < 4.78 is 0. The first-order valence-electron chi connectivity index (χ1n) is 6.73. The average Bonchev–Trinajstić information content (AvgIpc) is 3.24. The van der Waals surface area contributed by atoms with Crippen LogP contribution in [0.4, 0.5) is 0 Å². The van der Waals surface area contributed by atoms with E-state index >= 15 is 0 Å². The molecule has 0 aliphatic heterocycles. The van der Waals surface area contributed by atoms with Gasteiger partial charge in [-0.1, -0.05) is 66.7 Å². The summed E-state index contributed by atoms with van der Waals surface area (Å²) in [4.78, 5) is 0. The predicted molar refractivity (Wildman–Crippen MR) is 78.1 cm³/mol. The van der Waals surface area contributed by atoms with Gasteiger partial charge in [0, 0.05) is 0 Å². The Morgan fingerprint density at radius 3 is 2.11 bits per heavy atom. The smallest absolute Gasteiger partial charge is 0.0224 e. The summed E-state index contributed by atoms with van der Waals surface area (Å²) in [6, 6.07) is 21.4. The maximum atomic E-state index is 2.34. The van der Waals surface area contributed by atoms with E-state index in [1.807, 2.05) is 0 Å². The second kappa shape index (κ2) is 5.22. The molecule has 0 saturated heterocycles. The molecule has 0 spiro atoms. The molecule has 3 rings (SSSR count). The summed E-state index contributed by atoms with van der Waals surface area (Å²) in [5, 5.41) is 0. The third kappa shape index (κ3) is 2.89. The van der Waals surface area contributed by atoms with Gasteiger partial charge < -0.3 is 0 Å². The SMILES string of the molecule is C(=C(CC1CC1)c1ccccc1)c1ccccc1. The van der Waals surface area contributed by atoms with E-state index in [0.717, 1.165) is 5.92 Å². The van der Waals surface area contributed by atoms with Gasteiger partial charge in [0.2, 0.25) is 0 Å². The quantitative estimate of drug-likeness (QED) is 0.651. The highest BCUT2D eigenvalue weighted by atomic mass is 14.3. The lowest BCUT2D eigenvalue weighted by molar-refractivity contribution is 0.879. The first-order chi connectivity index (χ1) is 8.92. The Morgan fingerprint density at radius 2 is 1.50 bits per heavy atom. The van der Waals surface area contributed by atoms with Crippen molar-refractivity contribution < 1.29 is 0 Å². The van der Waals surface area contributed by atoms with Crippen LogP contribution in [0.25, 0.3) is 11.6 Å². The highest BCUT2D eigenvalue weighted by Gasteiger charge is 2.22. The van der Waals surface area contributed by atoms with Crippen LogP contribution < -0.4 is 0 Å². The fourth-order valence-electron chi connectivity index (χ4n) is 2.30. The Kier molecular flexibility index (Phi) is 3.27. The van der Waals surface area contributed by atoms with Crippen LogP contribution in [-0.2, 0) is 0 Å². The van der Waals surface area contributed by atoms with Crippen LogP contribution in [0.5, 0.6) is 0 Å². The summed E-state index contributed by atoms with van der Waals surface area (Å²) in [7, 11) is 0. The molecule has 0 N–H and O–H groups in total. The summed E-state index contributed by atoms with van der Waals surface area (Å²) in [5.74, 6) is 0.917. The highest BCUT2D eigenvalue weighted by Crippen LogP contribution is 2.38. The summed E-state index contributed by atoms with van der Waals surface area (Å²) in [5.41, 5.74) is 4.15. The topological polar surface area (TPSA) is 0 Å². The minimum absolute atomic E-state index is 0.917. The average molecular weight is 234 g/mol. The van der Waals surface area contributed by atoms with E-state index in [1.165, 1.54) is 36.0 Å². The van der Waals surface area contributed by atoms with E-state index in [-0.39, 0.29) is 0 Å². The Morgan fingerprint density at radius 1 is 0.889 bits per heavy atom. The van der Waals surface area contributed by atoms with Crippen LogP contribution in [0.3, 0.4) is 0 Å². The van der Waals surface area contributed by atoms with E-state index in [1.54, 1.807) is 0 Å². The van der Waals surface area contributed by atoms with Crippen molar-refractivity contribution in [2.75, 3.05) is 0 Å².